The predicted octanol–water partition coefficient (Wildman–Crippen LogP) is -0.526. The lowest BCUT2D eigenvalue weighted by molar-refractivity contribution is -0.137. The molecule has 0 aromatic carbocycles. The highest BCUT2D eigenvalue weighted by atomic mass is 16.3. The van der Waals surface area contributed by atoms with Crippen LogP contribution >= 0.6 is 0 Å². The molecular formula is C53H103N17O10. The molecule has 0 aromatic rings. The van der Waals surface area contributed by atoms with E-state index in [4.69, 9.17) is 33.4 Å². The molecule has 0 heterocycles. The van der Waals surface area contributed by atoms with Crippen LogP contribution in [0, 0.1) is 28.1 Å². The number of nitrogens with two attached hydrogens (primary N) is 3. The molecule has 0 radical (unpaired) electrons. The molecule has 0 saturated heterocycles. The number of amides is 8. The molecule has 0 aliphatic carbocycles. The molecule has 27 heteroatoms. The molecule has 22 N–H and O–H groups in total. The molecule has 460 valence electrons. The second-order valence-electron chi connectivity index (χ2n) is 20.8. The van der Waals surface area contributed by atoms with Crippen molar-refractivity contribution in [3.63, 3.8) is 0 Å². The Hall–Kier alpha value is -6.51. The summed E-state index contributed by atoms with van der Waals surface area (Å²) in [5, 5.41) is 71.2. The molecule has 0 aromatic heterocycles. The third kappa shape index (κ3) is 34.5. The lowest BCUT2D eigenvalue weighted by Gasteiger charge is -2.29. The van der Waals surface area contributed by atoms with Crippen LogP contribution in [0.15, 0.2) is 0 Å². The number of guanidine groups is 3. The first-order chi connectivity index (χ1) is 38.0. The topological polar surface area (TPSA) is 459 Å². The Morgan fingerprint density at radius 1 is 0.425 bits per heavy atom. The zero-order chi connectivity index (χ0) is 60.4. The summed E-state index contributed by atoms with van der Waals surface area (Å²) in [4.78, 5) is 109. The maximum Gasteiger partial charge on any atom is 0.245 e. The lowest BCUT2D eigenvalue weighted by atomic mass is 9.97. The van der Waals surface area contributed by atoms with Gasteiger partial charge in [0.25, 0.3) is 0 Å². The summed E-state index contributed by atoms with van der Waals surface area (Å²) in [6.45, 7) is 8.03. The van der Waals surface area contributed by atoms with Crippen LogP contribution in [0.3, 0.4) is 0 Å². The molecule has 0 fully saturated rings. The molecule has 0 spiro atoms. The standard InChI is InChI=1S/C53H103N17O10/c1-7-9-10-11-12-13-14-15-16-17-18-19-20-27-42(73)64-36(24-21-28-61-51(54)55)45(75)67-39(31-34(3)4)48(78)65-37(25-22-29-62-52(56)57)46(76)69-41(33-72)49(79)70-43(35(5)8-2)50(80)66-38(26-23-30-63-53(58)59)47(77)68-40(32-71)44(74)60-6/h34-41,43,71-72H,7-33H2,1-6H3,(H,60,74)(H,64,73)(H,65,78)(H,66,80)(H,67,75)(H,68,77)(H,69,76)(H,70,79)(H4,54,55,61)(H4,56,57,62)(H4,58,59,63)/t35-,36-,37-,38-,39-,40-,41-,43-/m0/s1. The summed E-state index contributed by atoms with van der Waals surface area (Å²) in [6, 6.07) is -9.35. The smallest absolute Gasteiger partial charge is 0.245 e. The van der Waals surface area contributed by atoms with Crippen molar-refractivity contribution in [1.82, 2.24) is 58.5 Å². The highest BCUT2D eigenvalue weighted by Gasteiger charge is 2.35. The Balaban J connectivity index is 6.33. The average Bonchev–Trinajstić information content (AvgIpc) is 3.41. The Morgan fingerprint density at radius 3 is 1.14 bits per heavy atom. The van der Waals surface area contributed by atoms with Gasteiger partial charge in [-0.1, -0.05) is 118 Å². The number of rotatable bonds is 46. The van der Waals surface area contributed by atoms with Gasteiger partial charge in [-0.3, -0.25) is 54.6 Å². The van der Waals surface area contributed by atoms with Crippen LogP contribution in [-0.2, 0) is 38.4 Å². The van der Waals surface area contributed by atoms with Gasteiger partial charge < -0.3 is 85.9 Å². The molecule has 8 amide bonds. The fourth-order valence-electron chi connectivity index (χ4n) is 8.54. The van der Waals surface area contributed by atoms with E-state index in [0.29, 0.717) is 19.3 Å². The third-order valence-corrected chi connectivity index (χ3v) is 13.4. The van der Waals surface area contributed by atoms with Crippen molar-refractivity contribution in [2.75, 3.05) is 39.9 Å². The van der Waals surface area contributed by atoms with Crippen LogP contribution in [0.4, 0.5) is 0 Å². The maximum atomic E-state index is 14.2. The number of carbonyl (C=O) groups is 8. The van der Waals surface area contributed by atoms with Crippen molar-refractivity contribution < 1.29 is 48.6 Å². The monoisotopic (exact) mass is 1140 g/mol. The Bertz CT molecular complexity index is 1900. The molecule has 0 saturated carbocycles. The van der Waals surface area contributed by atoms with Gasteiger partial charge in [-0.05, 0) is 63.2 Å². The summed E-state index contributed by atoms with van der Waals surface area (Å²) >= 11 is 0. The van der Waals surface area contributed by atoms with Gasteiger partial charge in [0.05, 0.1) is 13.2 Å². The van der Waals surface area contributed by atoms with Gasteiger partial charge in [0.2, 0.25) is 47.3 Å². The number of aliphatic hydroxyl groups excluding tert-OH is 2. The van der Waals surface area contributed by atoms with E-state index >= 15 is 0 Å². The number of hydrogen-bond acceptors (Lipinski definition) is 13. The zero-order valence-corrected chi connectivity index (χ0v) is 48.7. The quantitative estimate of drug-likeness (QED) is 0.0207. The van der Waals surface area contributed by atoms with E-state index in [1.165, 1.54) is 58.4 Å². The van der Waals surface area contributed by atoms with Gasteiger partial charge in [-0.25, -0.2) is 0 Å². The lowest BCUT2D eigenvalue weighted by Crippen LogP contribution is -2.61. The fraction of sp³-hybridized carbons (Fsp3) is 0.792. The van der Waals surface area contributed by atoms with Crippen LogP contribution in [0.25, 0.3) is 0 Å². The predicted molar refractivity (Wildman–Crippen MR) is 308 cm³/mol. The molecule has 0 unspecified atom stereocenters. The molecule has 80 heavy (non-hydrogen) atoms. The van der Waals surface area contributed by atoms with Crippen LogP contribution in [0.1, 0.15) is 176 Å². The number of likely N-dealkylation sites (N-methyl/N-ethyl adjacent to an activating group) is 1. The van der Waals surface area contributed by atoms with Crippen molar-refractivity contribution in [3.8, 4) is 0 Å². The Labute approximate surface area is 474 Å². The van der Waals surface area contributed by atoms with Gasteiger partial charge in [-0.15, -0.1) is 0 Å². The highest BCUT2D eigenvalue weighted by molar-refractivity contribution is 5.97. The van der Waals surface area contributed by atoms with Crippen LogP contribution in [0.5, 0.6) is 0 Å². The fourth-order valence-corrected chi connectivity index (χ4v) is 8.54. The van der Waals surface area contributed by atoms with Crippen molar-refractivity contribution in [3.05, 3.63) is 0 Å². The summed E-state index contributed by atoms with van der Waals surface area (Å²) in [5.74, 6) is -7.70. The number of carbonyl (C=O) groups excluding carboxylic acids is 8. The summed E-state index contributed by atoms with van der Waals surface area (Å²) in [7, 11) is 1.31. The molecular weight excluding hydrogens is 1030 g/mol. The number of unbranched alkanes of at least 4 members (excludes halogenated alkanes) is 12. The molecule has 8 atom stereocenters. The largest absolute Gasteiger partial charge is 0.394 e. The normalized spacial score (nSPS) is 14.0. The summed E-state index contributed by atoms with van der Waals surface area (Å²) < 4.78 is 0. The average molecular weight is 1140 g/mol. The van der Waals surface area contributed by atoms with E-state index in [1.807, 2.05) is 13.8 Å². The van der Waals surface area contributed by atoms with Crippen LogP contribution in [0.2, 0.25) is 0 Å². The van der Waals surface area contributed by atoms with Crippen LogP contribution in [-0.4, -0.2) is 158 Å². The molecule has 0 bridgehead atoms. The van der Waals surface area contributed by atoms with Gasteiger partial charge in [0.15, 0.2) is 17.9 Å². The molecule has 0 aliphatic heterocycles. The minimum atomic E-state index is -1.68. The highest BCUT2D eigenvalue weighted by Crippen LogP contribution is 2.15. The zero-order valence-electron chi connectivity index (χ0n) is 48.7. The van der Waals surface area contributed by atoms with E-state index in [9.17, 15) is 48.6 Å². The van der Waals surface area contributed by atoms with Crippen molar-refractivity contribution in [2.24, 2.45) is 29.0 Å². The number of nitrogens with one attached hydrogen (secondary N) is 14. The minimum absolute atomic E-state index is 0.0341. The third-order valence-electron chi connectivity index (χ3n) is 13.4. The van der Waals surface area contributed by atoms with Gasteiger partial charge in [0, 0.05) is 33.1 Å². The van der Waals surface area contributed by atoms with E-state index in [1.54, 1.807) is 13.8 Å². The van der Waals surface area contributed by atoms with E-state index in [0.717, 1.165) is 25.7 Å². The van der Waals surface area contributed by atoms with Crippen LogP contribution < -0.4 is 75.7 Å². The SMILES string of the molecule is CCCCCCCCCCCCCCCC(=O)N[C@@H](CCCNC(=N)N)C(=O)N[C@@H](CC(C)C)C(=O)N[C@@H](CCCNC(=N)N)C(=O)N[C@@H](CO)C(=O)N[C@H](C(=O)N[C@@H](CCCNC(=N)N)C(=O)N[C@@H](CO)C(=O)NC)[C@@H](C)CC. The van der Waals surface area contributed by atoms with E-state index in [-0.39, 0.29) is 94.3 Å². The first-order valence-corrected chi connectivity index (χ1v) is 28.8. The van der Waals surface area contributed by atoms with Crippen molar-refractivity contribution in [2.45, 2.75) is 218 Å². The first-order valence-electron chi connectivity index (χ1n) is 28.8. The van der Waals surface area contributed by atoms with Gasteiger partial charge in [0.1, 0.15) is 42.3 Å². The Morgan fingerprint density at radius 2 is 0.762 bits per heavy atom. The molecule has 0 rings (SSSR count). The van der Waals surface area contributed by atoms with Crippen molar-refractivity contribution >= 4 is 65.1 Å². The van der Waals surface area contributed by atoms with Crippen molar-refractivity contribution in [1.29, 1.82) is 16.2 Å². The minimum Gasteiger partial charge on any atom is -0.394 e. The summed E-state index contributed by atoms with van der Waals surface area (Å²) in [6.07, 6.45) is 16.3. The number of hydrogen-bond donors (Lipinski definition) is 19. The molecule has 27 nitrogen and oxygen atoms in total. The summed E-state index contributed by atoms with van der Waals surface area (Å²) in [5.41, 5.74) is 16.3. The van der Waals surface area contributed by atoms with Gasteiger partial charge in [-0.2, -0.15) is 0 Å². The second kappa shape index (κ2) is 44.3. The van der Waals surface area contributed by atoms with E-state index < -0.39 is 103 Å². The van der Waals surface area contributed by atoms with Gasteiger partial charge >= 0.3 is 0 Å². The van der Waals surface area contributed by atoms with E-state index in [2.05, 4.69) is 65.4 Å². The Kier molecular flexibility index (Phi) is 40.7. The maximum absolute atomic E-state index is 14.2. The number of aliphatic hydroxyl groups is 2. The first kappa shape index (κ1) is 73.5. The second-order valence-corrected chi connectivity index (χ2v) is 20.8. The molecule has 0 aliphatic rings.